The summed E-state index contributed by atoms with van der Waals surface area (Å²) in [6.07, 6.45) is 6.84. The molecule has 3 heterocycles. The molecule has 4 aromatic rings. The number of aromatic nitrogens is 3. The molecule has 0 spiro atoms. The molecule has 2 aliphatic rings. The van der Waals surface area contributed by atoms with Crippen molar-refractivity contribution in [3.63, 3.8) is 0 Å². The first-order valence-electron chi connectivity index (χ1n) is 11.3. The number of fused-ring (bicyclic) bond motifs is 3. The molecule has 1 aliphatic heterocycles. The van der Waals surface area contributed by atoms with Crippen molar-refractivity contribution in [1.29, 1.82) is 0 Å². The third kappa shape index (κ3) is 3.35. The minimum atomic E-state index is -0.245. The van der Waals surface area contributed by atoms with Crippen molar-refractivity contribution in [2.45, 2.75) is 39.2 Å². The van der Waals surface area contributed by atoms with Crippen LogP contribution in [0.15, 0.2) is 42.7 Å². The Morgan fingerprint density at radius 1 is 1.15 bits per heavy atom. The van der Waals surface area contributed by atoms with Crippen molar-refractivity contribution in [3.05, 3.63) is 76.5 Å². The Morgan fingerprint density at radius 2 is 2.06 bits per heavy atom. The Balaban J connectivity index is 1.37. The first-order chi connectivity index (χ1) is 16.1. The second-order valence-corrected chi connectivity index (χ2v) is 8.67. The lowest BCUT2D eigenvalue weighted by molar-refractivity contribution is 0.0972. The lowest BCUT2D eigenvalue weighted by Gasteiger charge is -2.16. The zero-order valence-electron chi connectivity index (χ0n) is 18.3. The van der Waals surface area contributed by atoms with Crippen LogP contribution in [0.1, 0.15) is 45.6 Å². The van der Waals surface area contributed by atoms with E-state index in [2.05, 4.69) is 16.4 Å². The Hall–Kier alpha value is -3.74. The van der Waals surface area contributed by atoms with Crippen molar-refractivity contribution in [1.82, 2.24) is 14.4 Å². The maximum atomic E-state index is 14.6. The molecule has 7 heteroatoms. The summed E-state index contributed by atoms with van der Waals surface area (Å²) < 4.78 is 22.1. The number of imidazole rings is 1. The summed E-state index contributed by atoms with van der Waals surface area (Å²) in [5, 5.41) is 3.29. The van der Waals surface area contributed by atoms with Gasteiger partial charge < -0.3 is 10.1 Å². The molecule has 0 bridgehead atoms. The minimum Gasteiger partial charge on any atom is -0.493 e. The highest BCUT2D eigenvalue weighted by atomic mass is 19.1. The lowest BCUT2D eigenvalue weighted by atomic mass is 9.88. The average Bonchev–Trinajstić information content (AvgIpc) is 3.44. The zero-order valence-corrected chi connectivity index (χ0v) is 18.3. The highest BCUT2D eigenvalue weighted by molar-refractivity contribution is 5.99. The molecule has 0 amide bonds. The molecule has 0 saturated heterocycles. The topological polar surface area (TPSA) is 68.5 Å². The van der Waals surface area contributed by atoms with Crippen molar-refractivity contribution in [2.75, 3.05) is 11.9 Å². The van der Waals surface area contributed by atoms with E-state index in [4.69, 9.17) is 9.72 Å². The first kappa shape index (κ1) is 19.9. The molecular weight excluding hydrogens is 419 g/mol. The molecule has 6 rings (SSSR count). The number of Topliss-reactive ketones (excluding diaryl/α,β-unsaturated/α-hetero) is 1. The Kier molecular flexibility index (Phi) is 4.64. The molecular formula is C26H23FN4O2. The number of hydrogen-bond acceptors (Lipinski definition) is 5. The highest BCUT2D eigenvalue weighted by Crippen LogP contribution is 2.32. The molecule has 0 fully saturated rings. The highest BCUT2D eigenvalue weighted by Gasteiger charge is 2.21. The number of carbonyl (C=O) groups excluding carboxylic acids is 1. The van der Waals surface area contributed by atoms with Gasteiger partial charge in [0.25, 0.3) is 0 Å². The van der Waals surface area contributed by atoms with E-state index in [1.807, 2.05) is 29.7 Å². The van der Waals surface area contributed by atoms with Crippen molar-refractivity contribution < 1.29 is 13.9 Å². The second-order valence-electron chi connectivity index (χ2n) is 8.67. The van der Waals surface area contributed by atoms with E-state index in [1.165, 1.54) is 6.07 Å². The van der Waals surface area contributed by atoms with Crippen LogP contribution in [0.4, 0.5) is 10.3 Å². The van der Waals surface area contributed by atoms with Crippen LogP contribution in [0.25, 0.3) is 16.8 Å². The maximum absolute atomic E-state index is 14.6. The van der Waals surface area contributed by atoms with Gasteiger partial charge in [0.05, 0.1) is 12.3 Å². The number of benzene rings is 2. The first-order valence-corrected chi connectivity index (χ1v) is 11.3. The Morgan fingerprint density at radius 3 is 2.97 bits per heavy atom. The summed E-state index contributed by atoms with van der Waals surface area (Å²) in [6.45, 7) is 2.82. The normalized spacial score (nSPS) is 14.8. The van der Waals surface area contributed by atoms with E-state index in [1.54, 1.807) is 12.3 Å². The molecule has 2 aromatic heterocycles. The van der Waals surface area contributed by atoms with Crippen LogP contribution < -0.4 is 10.1 Å². The van der Waals surface area contributed by atoms with Gasteiger partial charge >= 0.3 is 0 Å². The maximum Gasteiger partial charge on any atom is 0.208 e. The number of rotatable bonds is 4. The summed E-state index contributed by atoms with van der Waals surface area (Å²) >= 11 is 0. The van der Waals surface area contributed by atoms with Crippen LogP contribution in [0.3, 0.4) is 0 Å². The number of nitrogens with zero attached hydrogens (tertiary/aromatic N) is 3. The van der Waals surface area contributed by atoms with Crippen LogP contribution in [0, 0.1) is 12.7 Å². The van der Waals surface area contributed by atoms with E-state index < -0.39 is 0 Å². The predicted molar refractivity (Wildman–Crippen MR) is 123 cm³/mol. The van der Waals surface area contributed by atoms with Crippen molar-refractivity contribution in [3.8, 4) is 16.9 Å². The van der Waals surface area contributed by atoms with Gasteiger partial charge in [0.15, 0.2) is 5.78 Å². The van der Waals surface area contributed by atoms with E-state index in [9.17, 15) is 9.18 Å². The average molecular weight is 442 g/mol. The number of halogens is 1. The standard InChI is InChI=1S/C26H23FN4O2/c1-15-14-31-25(30-15)20(17-5-6-18-16(11-17)3-2-4-23(18)32)12-28-26(31)29-13-21-19-9-10-33-24(19)8-7-22(21)27/h5-8,11-12,14H,2-4,9-10,13H2,1H3,(H,28,29). The van der Waals surface area contributed by atoms with Crippen LogP contribution in [0.5, 0.6) is 5.75 Å². The van der Waals surface area contributed by atoms with Gasteiger partial charge in [-0.1, -0.05) is 18.2 Å². The van der Waals surface area contributed by atoms with Crippen molar-refractivity contribution >= 4 is 17.4 Å². The predicted octanol–water partition coefficient (Wildman–Crippen LogP) is 4.91. The summed E-state index contributed by atoms with van der Waals surface area (Å²) in [7, 11) is 0. The zero-order chi connectivity index (χ0) is 22.5. The fourth-order valence-electron chi connectivity index (χ4n) is 4.92. The van der Waals surface area contributed by atoms with E-state index in [-0.39, 0.29) is 11.6 Å². The molecule has 0 saturated carbocycles. The largest absolute Gasteiger partial charge is 0.493 e. The van der Waals surface area contributed by atoms with Gasteiger partial charge in [-0.15, -0.1) is 0 Å². The molecule has 166 valence electrons. The van der Waals surface area contributed by atoms with Gasteiger partial charge in [0.2, 0.25) is 5.95 Å². The van der Waals surface area contributed by atoms with E-state index in [0.717, 1.165) is 57.7 Å². The fraction of sp³-hybridized carbons (Fsp3) is 0.269. The van der Waals surface area contributed by atoms with E-state index >= 15 is 0 Å². The Bertz CT molecular complexity index is 1430. The molecule has 0 unspecified atom stereocenters. The number of ketones is 1. The third-order valence-corrected chi connectivity index (χ3v) is 6.54. The van der Waals surface area contributed by atoms with Gasteiger partial charge in [-0.2, -0.15) is 0 Å². The molecule has 2 aromatic carbocycles. The molecule has 6 nitrogen and oxygen atoms in total. The minimum absolute atomic E-state index is 0.215. The van der Waals surface area contributed by atoms with Crippen molar-refractivity contribution in [2.24, 2.45) is 0 Å². The summed E-state index contributed by atoms with van der Waals surface area (Å²) in [5.41, 5.74) is 6.96. The molecule has 0 radical (unpaired) electrons. The van der Waals surface area contributed by atoms with Crippen LogP contribution >= 0.6 is 0 Å². The smallest absolute Gasteiger partial charge is 0.208 e. The fourth-order valence-corrected chi connectivity index (χ4v) is 4.92. The van der Waals surface area contributed by atoms with Gasteiger partial charge in [0, 0.05) is 54.0 Å². The molecule has 1 aliphatic carbocycles. The number of ether oxygens (including phenoxy) is 1. The molecule has 1 N–H and O–H groups in total. The third-order valence-electron chi connectivity index (χ3n) is 6.54. The van der Waals surface area contributed by atoms with Crippen LogP contribution in [-0.4, -0.2) is 26.8 Å². The number of aryl methyl sites for hydroxylation is 2. The molecule has 0 atom stereocenters. The lowest BCUT2D eigenvalue weighted by Crippen LogP contribution is -2.11. The number of anilines is 1. The van der Waals surface area contributed by atoms with Crippen LogP contribution in [0.2, 0.25) is 0 Å². The van der Waals surface area contributed by atoms with Gasteiger partial charge in [-0.3, -0.25) is 9.20 Å². The second kappa shape index (κ2) is 7.69. The van der Waals surface area contributed by atoms with Crippen LogP contribution in [-0.2, 0) is 19.4 Å². The molecule has 33 heavy (non-hydrogen) atoms. The monoisotopic (exact) mass is 442 g/mol. The number of carbonyl (C=O) groups is 1. The van der Waals surface area contributed by atoms with Gasteiger partial charge in [-0.05, 0) is 43.0 Å². The summed E-state index contributed by atoms with van der Waals surface area (Å²) in [5.74, 6) is 1.32. The van der Waals surface area contributed by atoms with Gasteiger partial charge in [-0.25, -0.2) is 14.4 Å². The van der Waals surface area contributed by atoms with Gasteiger partial charge in [0.1, 0.15) is 17.2 Å². The van der Waals surface area contributed by atoms with E-state index in [0.29, 0.717) is 37.5 Å². The summed E-state index contributed by atoms with van der Waals surface area (Å²) in [4.78, 5) is 21.6. The Labute approximate surface area is 190 Å². The number of nitrogens with one attached hydrogen (secondary N) is 1. The SMILES string of the molecule is Cc1cn2c(NCc3c(F)ccc4c3CCO4)ncc(-c3ccc4c(c3)CCCC4=O)c2n1. The quantitative estimate of drug-likeness (QED) is 0.486. The number of hydrogen-bond donors (Lipinski definition) is 1. The summed E-state index contributed by atoms with van der Waals surface area (Å²) in [6, 6.07) is 9.13.